The van der Waals surface area contributed by atoms with Gasteiger partial charge in [0, 0.05) is 12.5 Å². The number of hydrogen-bond acceptors (Lipinski definition) is 2. The molecule has 0 radical (unpaired) electrons. The largest absolute Gasteiger partial charge is 0.381 e. The van der Waals surface area contributed by atoms with Crippen LogP contribution in [0.2, 0.25) is 0 Å². The summed E-state index contributed by atoms with van der Waals surface area (Å²) in [7, 11) is 0. The molecule has 2 heteroatoms. The third-order valence-corrected chi connectivity index (χ3v) is 3.05. The van der Waals surface area contributed by atoms with Crippen molar-refractivity contribution < 1.29 is 4.74 Å². The van der Waals surface area contributed by atoms with Crippen molar-refractivity contribution in [3.05, 3.63) is 0 Å². The van der Waals surface area contributed by atoms with Crippen LogP contribution in [0.5, 0.6) is 0 Å². The molecule has 0 aromatic carbocycles. The maximum atomic E-state index is 9.03. The SMILES string of the molecule is CCC(C)(C#N)C1CCCOC1. The molecule has 0 amide bonds. The third kappa shape index (κ3) is 1.78. The van der Waals surface area contributed by atoms with E-state index in [1.165, 1.54) is 0 Å². The van der Waals surface area contributed by atoms with Crippen LogP contribution in [0.15, 0.2) is 0 Å². The van der Waals surface area contributed by atoms with Gasteiger partial charge in [0.05, 0.1) is 18.1 Å². The Kier molecular flexibility index (Phi) is 3.11. The normalized spacial score (nSPS) is 28.9. The van der Waals surface area contributed by atoms with Gasteiger partial charge in [-0.1, -0.05) is 6.92 Å². The first-order valence-electron chi connectivity index (χ1n) is 4.72. The molecule has 1 aliphatic rings. The number of ether oxygens (including phenoxy) is 1. The van der Waals surface area contributed by atoms with Crippen molar-refractivity contribution in [2.24, 2.45) is 11.3 Å². The Hall–Kier alpha value is -0.550. The molecule has 2 unspecified atom stereocenters. The molecule has 2 atom stereocenters. The molecule has 0 saturated carbocycles. The van der Waals surface area contributed by atoms with Crippen LogP contribution in [0.4, 0.5) is 0 Å². The van der Waals surface area contributed by atoms with Gasteiger partial charge in [0.2, 0.25) is 0 Å². The fourth-order valence-corrected chi connectivity index (χ4v) is 1.70. The third-order valence-electron chi connectivity index (χ3n) is 3.05. The van der Waals surface area contributed by atoms with E-state index in [1.54, 1.807) is 0 Å². The highest BCUT2D eigenvalue weighted by molar-refractivity contribution is 4.99. The molecule has 1 heterocycles. The van der Waals surface area contributed by atoms with Crippen molar-refractivity contribution >= 4 is 0 Å². The molecule has 0 aromatic rings. The number of rotatable bonds is 2. The van der Waals surface area contributed by atoms with Crippen molar-refractivity contribution in [1.82, 2.24) is 0 Å². The van der Waals surface area contributed by atoms with Gasteiger partial charge in [0.15, 0.2) is 0 Å². The van der Waals surface area contributed by atoms with Gasteiger partial charge >= 0.3 is 0 Å². The van der Waals surface area contributed by atoms with Gasteiger partial charge in [0.25, 0.3) is 0 Å². The second-order valence-corrected chi connectivity index (χ2v) is 3.80. The van der Waals surface area contributed by atoms with Crippen molar-refractivity contribution in [2.75, 3.05) is 13.2 Å². The minimum Gasteiger partial charge on any atom is -0.381 e. The van der Waals surface area contributed by atoms with Crippen molar-refractivity contribution in [2.45, 2.75) is 33.1 Å². The lowest BCUT2D eigenvalue weighted by Crippen LogP contribution is -2.32. The first-order chi connectivity index (χ1) is 5.73. The highest BCUT2D eigenvalue weighted by atomic mass is 16.5. The van der Waals surface area contributed by atoms with Crippen LogP contribution in [-0.2, 0) is 4.74 Å². The maximum Gasteiger partial charge on any atom is 0.0690 e. The summed E-state index contributed by atoms with van der Waals surface area (Å²) in [6, 6.07) is 2.42. The molecular formula is C10H17NO. The number of nitrogens with zero attached hydrogens (tertiary/aromatic N) is 1. The van der Waals surface area contributed by atoms with Crippen molar-refractivity contribution in [1.29, 1.82) is 5.26 Å². The second-order valence-electron chi connectivity index (χ2n) is 3.80. The first kappa shape index (κ1) is 9.54. The molecule has 0 aromatic heterocycles. The van der Waals surface area contributed by atoms with Gasteiger partial charge < -0.3 is 4.74 Å². The number of nitriles is 1. The topological polar surface area (TPSA) is 33.0 Å². The Morgan fingerprint density at radius 3 is 2.83 bits per heavy atom. The van der Waals surface area contributed by atoms with Gasteiger partial charge in [-0.25, -0.2) is 0 Å². The molecule has 0 bridgehead atoms. The van der Waals surface area contributed by atoms with Crippen LogP contribution in [0, 0.1) is 22.7 Å². The molecule has 2 nitrogen and oxygen atoms in total. The van der Waals surface area contributed by atoms with Crippen LogP contribution in [0.1, 0.15) is 33.1 Å². The highest BCUT2D eigenvalue weighted by Gasteiger charge is 2.33. The van der Waals surface area contributed by atoms with E-state index in [-0.39, 0.29) is 5.41 Å². The summed E-state index contributed by atoms with van der Waals surface area (Å²) in [6.07, 6.45) is 3.19. The lowest BCUT2D eigenvalue weighted by Gasteiger charge is -2.33. The average Bonchev–Trinajstić information content (AvgIpc) is 2.18. The summed E-state index contributed by atoms with van der Waals surface area (Å²) in [5.41, 5.74) is -0.166. The molecule has 0 N–H and O–H groups in total. The summed E-state index contributed by atoms with van der Waals surface area (Å²) in [5, 5.41) is 9.03. The van der Waals surface area contributed by atoms with Crippen LogP contribution in [-0.4, -0.2) is 13.2 Å². The zero-order valence-corrected chi connectivity index (χ0v) is 7.97. The molecular weight excluding hydrogens is 150 g/mol. The molecule has 0 aliphatic carbocycles. The van der Waals surface area contributed by atoms with E-state index in [2.05, 4.69) is 13.0 Å². The lowest BCUT2D eigenvalue weighted by molar-refractivity contribution is 0.0149. The average molecular weight is 167 g/mol. The zero-order valence-electron chi connectivity index (χ0n) is 7.97. The Bertz CT molecular complexity index is 179. The predicted octanol–water partition coefficient (Wildman–Crippen LogP) is 2.35. The molecule has 0 spiro atoms. The molecule has 1 rings (SSSR count). The molecule has 68 valence electrons. The lowest BCUT2D eigenvalue weighted by atomic mass is 9.74. The Morgan fingerprint density at radius 2 is 2.42 bits per heavy atom. The van der Waals surface area contributed by atoms with Crippen LogP contribution in [0.3, 0.4) is 0 Å². The van der Waals surface area contributed by atoms with Crippen LogP contribution in [0.25, 0.3) is 0 Å². The van der Waals surface area contributed by atoms with Crippen molar-refractivity contribution in [3.8, 4) is 6.07 Å². The highest BCUT2D eigenvalue weighted by Crippen LogP contribution is 2.35. The summed E-state index contributed by atoms with van der Waals surface area (Å²) in [4.78, 5) is 0. The first-order valence-corrected chi connectivity index (χ1v) is 4.72. The van der Waals surface area contributed by atoms with E-state index in [0.717, 1.165) is 32.5 Å². The van der Waals surface area contributed by atoms with Gasteiger partial charge in [-0.15, -0.1) is 0 Å². The van der Waals surface area contributed by atoms with Gasteiger partial charge in [-0.2, -0.15) is 5.26 Å². The van der Waals surface area contributed by atoms with E-state index >= 15 is 0 Å². The fourth-order valence-electron chi connectivity index (χ4n) is 1.70. The molecule has 1 fully saturated rings. The van der Waals surface area contributed by atoms with Gasteiger partial charge in [-0.3, -0.25) is 0 Å². The van der Waals surface area contributed by atoms with E-state index < -0.39 is 0 Å². The van der Waals surface area contributed by atoms with E-state index in [1.807, 2.05) is 6.92 Å². The summed E-state index contributed by atoms with van der Waals surface area (Å²) >= 11 is 0. The quantitative estimate of drug-likeness (QED) is 0.632. The molecule has 1 saturated heterocycles. The Balaban J connectivity index is 2.59. The maximum absolute atomic E-state index is 9.03. The molecule has 1 aliphatic heterocycles. The molecule has 12 heavy (non-hydrogen) atoms. The Labute approximate surface area is 74.5 Å². The predicted molar refractivity (Wildman–Crippen MR) is 47.6 cm³/mol. The zero-order chi connectivity index (χ0) is 9.03. The van der Waals surface area contributed by atoms with E-state index in [0.29, 0.717) is 5.92 Å². The second kappa shape index (κ2) is 3.91. The van der Waals surface area contributed by atoms with Crippen LogP contribution >= 0.6 is 0 Å². The standard InChI is InChI=1S/C10H17NO/c1-3-10(2,8-11)9-5-4-6-12-7-9/h9H,3-7H2,1-2H3. The minimum atomic E-state index is -0.166. The van der Waals surface area contributed by atoms with Gasteiger partial charge in [0.1, 0.15) is 0 Å². The summed E-state index contributed by atoms with van der Waals surface area (Å²) < 4.78 is 5.38. The number of hydrogen-bond donors (Lipinski definition) is 0. The summed E-state index contributed by atoms with van der Waals surface area (Å²) in [6.45, 7) is 5.78. The smallest absolute Gasteiger partial charge is 0.0690 e. The van der Waals surface area contributed by atoms with Crippen molar-refractivity contribution in [3.63, 3.8) is 0 Å². The Morgan fingerprint density at radius 1 is 1.67 bits per heavy atom. The van der Waals surface area contributed by atoms with Gasteiger partial charge in [-0.05, 0) is 26.2 Å². The fraction of sp³-hybridized carbons (Fsp3) is 0.900. The van der Waals surface area contributed by atoms with E-state index in [9.17, 15) is 0 Å². The van der Waals surface area contributed by atoms with Crippen LogP contribution < -0.4 is 0 Å². The van der Waals surface area contributed by atoms with E-state index in [4.69, 9.17) is 10.00 Å². The monoisotopic (exact) mass is 167 g/mol. The summed E-state index contributed by atoms with van der Waals surface area (Å²) in [5.74, 6) is 0.446. The minimum absolute atomic E-state index is 0.166.